The van der Waals surface area contributed by atoms with Gasteiger partial charge in [0, 0.05) is 11.1 Å². The molecule has 0 spiro atoms. The molecule has 1 aromatic rings. The minimum atomic E-state index is -0.206. The highest BCUT2D eigenvalue weighted by Crippen LogP contribution is 2.37. The molecule has 0 radical (unpaired) electrons. The van der Waals surface area contributed by atoms with Crippen molar-refractivity contribution in [1.29, 1.82) is 0 Å². The minimum absolute atomic E-state index is 0.111. The first-order valence-corrected chi connectivity index (χ1v) is 6.46. The highest BCUT2D eigenvalue weighted by Gasteiger charge is 2.34. The number of nitrogens with one attached hydrogen (secondary N) is 1. The Hall–Kier alpha value is -0.410. The van der Waals surface area contributed by atoms with Crippen molar-refractivity contribution < 1.29 is 4.39 Å². The quantitative estimate of drug-likeness (QED) is 0.828. The average molecular weight is 286 g/mol. The molecule has 0 aliphatic carbocycles. The number of halogens is 2. The van der Waals surface area contributed by atoms with Crippen LogP contribution in [0.2, 0.25) is 0 Å². The predicted octanol–water partition coefficient (Wildman–Crippen LogP) is 3.80. The molecule has 1 N–H and O–H groups in total. The molecule has 1 saturated heterocycles. The van der Waals surface area contributed by atoms with Crippen LogP contribution in [-0.2, 0) is 5.54 Å². The SMILES string of the molecule is Cc1cc(Br)c(F)c(C2(C)CCCN2)c1C. The smallest absolute Gasteiger partial charge is 0.142 e. The van der Waals surface area contributed by atoms with Crippen LogP contribution < -0.4 is 5.32 Å². The average Bonchev–Trinajstić information content (AvgIpc) is 2.63. The van der Waals surface area contributed by atoms with Gasteiger partial charge in [-0.25, -0.2) is 4.39 Å². The van der Waals surface area contributed by atoms with Gasteiger partial charge in [-0.3, -0.25) is 0 Å². The molecular formula is C13H17BrFN. The summed E-state index contributed by atoms with van der Waals surface area (Å²) in [5, 5.41) is 3.42. The molecule has 1 aliphatic rings. The second-order valence-corrected chi connectivity index (χ2v) is 5.71. The second-order valence-electron chi connectivity index (χ2n) is 4.85. The van der Waals surface area contributed by atoms with Crippen LogP contribution in [-0.4, -0.2) is 6.54 Å². The lowest BCUT2D eigenvalue weighted by Gasteiger charge is -2.28. The molecule has 1 unspecified atom stereocenters. The summed E-state index contributed by atoms with van der Waals surface area (Å²) in [4.78, 5) is 0. The van der Waals surface area contributed by atoms with Crippen molar-refractivity contribution in [2.75, 3.05) is 6.54 Å². The highest BCUT2D eigenvalue weighted by molar-refractivity contribution is 9.10. The van der Waals surface area contributed by atoms with Crippen molar-refractivity contribution in [3.8, 4) is 0 Å². The number of hydrogen-bond donors (Lipinski definition) is 1. The van der Waals surface area contributed by atoms with Crippen LogP contribution in [0, 0.1) is 19.7 Å². The van der Waals surface area contributed by atoms with Crippen molar-refractivity contribution in [3.63, 3.8) is 0 Å². The molecular weight excluding hydrogens is 269 g/mol. The third-order valence-electron chi connectivity index (χ3n) is 3.66. The van der Waals surface area contributed by atoms with E-state index in [0.29, 0.717) is 4.47 Å². The van der Waals surface area contributed by atoms with Gasteiger partial charge in [0.25, 0.3) is 0 Å². The number of rotatable bonds is 1. The maximum atomic E-state index is 14.3. The van der Waals surface area contributed by atoms with E-state index in [-0.39, 0.29) is 11.4 Å². The maximum absolute atomic E-state index is 14.3. The van der Waals surface area contributed by atoms with Crippen molar-refractivity contribution in [2.24, 2.45) is 0 Å². The topological polar surface area (TPSA) is 12.0 Å². The summed E-state index contributed by atoms with van der Waals surface area (Å²) in [7, 11) is 0. The Labute approximate surface area is 105 Å². The summed E-state index contributed by atoms with van der Waals surface area (Å²) in [5.41, 5.74) is 2.83. The summed E-state index contributed by atoms with van der Waals surface area (Å²) in [6.07, 6.45) is 2.11. The third-order valence-corrected chi connectivity index (χ3v) is 4.24. The monoisotopic (exact) mass is 285 g/mol. The van der Waals surface area contributed by atoms with Crippen molar-refractivity contribution in [1.82, 2.24) is 5.32 Å². The van der Waals surface area contributed by atoms with E-state index in [1.165, 1.54) is 0 Å². The molecule has 1 nitrogen and oxygen atoms in total. The van der Waals surface area contributed by atoms with Gasteiger partial charge in [-0.15, -0.1) is 0 Å². The summed E-state index contributed by atoms with van der Waals surface area (Å²) in [6.45, 7) is 7.10. The fraction of sp³-hybridized carbons (Fsp3) is 0.538. The highest BCUT2D eigenvalue weighted by atomic mass is 79.9. The summed E-state index contributed by atoms with van der Waals surface area (Å²) in [5.74, 6) is -0.111. The minimum Gasteiger partial charge on any atom is -0.308 e. The van der Waals surface area contributed by atoms with Crippen LogP contribution in [0.5, 0.6) is 0 Å². The van der Waals surface area contributed by atoms with Gasteiger partial charge in [0.1, 0.15) is 5.82 Å². The van der Waals surface area contributed by atoms with E-state index in [9.17, 15) is 4.39 Å². The Bertz CT molecular complexity index is 396. The molecule has 3 heteroatoms. The predicted molar refractivity (Wildman–Crippen MR) is 68.2 cm³/mol. The van der Waals surface area contributed by atoms with E-state index in [0.717, 1.165) is 36.1 Å². The zero-order valence-electron chi connectivity index (χ0n) is 9.95. The lowest BCUT2D eigenvalue weighted by atomic mass is 9.85. The van der Waals surface area contributed by atoms with Gasteiger partial charge in [0.05, 0.1) is 4.47 Å². The molecule has 0 bridgehead atoms. The molecule has 0 aromatic heterocycles. The number of benzene rings is 1. The Morgan fingerprint density at radius 1 is 1.44 bits per heavy atom. The number of aryl methyl sites for hydroxylation is 1. The Morgan fingerprint density at radius 2 is 2.12 bits per heavy atom. The van der Waals surface area contributed by atoms with Crippen LogP contribution in [0.1, 0.15) is 36.5 Å². The number of hydrogen-bond acceptors (Lipinski definition) is 1. The van der Waals surface area contributed by atoms with Crippen LogP contribution in [0.3, 0.4) is 0 Å². The van der Waals surface area contributed by atoms with Gasteiger partial charge in [-0.1, -0.05) is 0 Å². The van der Waals surface area contributed by atoms with Gasteiger partial charge in [-0.2, -0.15) is 0 Å². The Balaban J connectivity index is 2.63. The van der Waals surface area contributed by atoms with Crippen molar-refractivity contribution in [2.45, 2.75) is 39.2 Å². The standard InChI is InChI=1S/C13H17BrFN/c1-8-7-10(14)12(15)11(9(8)2)13(3)5-4-6-16-13/h7,16H,4-6H2,1-3H3. The van der Waals surface area contributed by atoms with Crippen LogP contribution >= 0.6 is 15.9 Å². The third kappa shape index (κ3) is 1.80. The first kappa shape index (κ1) is 12.1. The van der Waals surface area contributed by atoms with Gasteiger partial charge in [0.15, 0.2) is 0 Å². The van der Waals surface area contributed by atoms with E-state index in [2.05, 4.69) is 28.2 Å². The van der Waals surface area contributed by atoms with E-state index in [1.54, 1.807) is 0 Å². The molecule has 2 rings (SSSR count). The normalized spacial score (nSPS) is 25.1. The molecule has 0 amide bonds. The van der Waals surface area contributed by atoms with Crippen molar-refractivity contribution >= 4 is 15.9 Å². The van der Waals surface area contributed by atoms with Crippen LogP contribution in [0.4, 0.5) is 4.39 Å². The summed E-state index contributed by atoms with van der Waals surface area (Å²) >= 11 is 3.30. The van der Waals surface area contributed by atoms with Gasteiger partial charge in [0.2, 0.25) is 0 Å². The van der Waals surface area contributed by atoms with Crippen molar-refractivity contribution in [3.05, 3.63) is 33.0 Å². The molecule has 0 saturated carbocycles. The largest absolute Gasteiger partial charge is 0.308 e. The second kappa shape index (κ2) is 4.11. The first-order chi connectivity index (χ1) is 7.46. The Kier molecular flexibility index (Phi) is 3.10. The summed E-state index contributed by atoms with van der Waals surface area (Å²) in [6, 6.07) is 1.85. The van der Waals surface area contributed by atoms with Crippen LogP contribution in [0.25, 0.3) is 0 Å². The lowest BCUT2D eigenvalue weighted by molar-refractivity contribution is 0.406. The molecule has 1 fully saturated rings. The fourth-order valence-electron chi connectivity index (χ4n) is 2.61. The zero-order valence-corrected chi connectivity index (χ0v) is 11.5. The Morgan fingerprint density at radius 3 is 2.69 bits per heavy atom. The van der Waals surface area contributed by atoms with E-state index < -0.39 is 0 Å². The molecule has 88 valence electrons. The maximum Gasteiger partial charge on any atom is 0.142 e. The molecule has 1 heterocycles. The molecule has 1 aliphatic heterocycles. The van der Waals surface area contributed by atoms with E-state index in [1.807, 2.05) is 19.9 Å². The molecule has 1 aromatic carbocycles. The van der Waals surface area contributed by atoms with Crippen LogP contribution in [0.15, 0.2) is 10.5 Å². The first-order valence-electron chi connectivity index (χ1n) is 5.66. The zero-order chi connectivity index (χ0) is 11.9. The lowest BCUT2D eigenvalue weighted by Crippen LogP contribution is -2.35. The summed E-state index contributed by atoms with van der Waals surface area (Å²) < 4.78 is 14.8. The van der Waals surface area contributed by atoms with E-state index in [4.69, 9.17) is 0 Å². The molecule has 16 heavy (non-hydrogen) atoms. The fourth-order valence-corrected chi connectivity index (χ4v) is 3.15. The van der Waals surface area contributed by atoms with Gasteiger partial charge < -0.3 is 5.32 Å². The van der Waals surface area contributed by atoms with Gasteiger partial charge >= 0.3 is 0 Å². The van der Waals surface area contributed by atoms with Gasteiger partial charge in [-0.05, 0) is 73.3 Å². The molecule has 1 atom stereocenters. The van der Waals surface area contributed by atoms with E-state index >= 15 is 0 Å².